The van der Waals surface area contributed by atoms with E-state index in [1.807, 2.05) is 6.26 Å². The van der Waals surface area contributed by atoms with Crippen molar-refractivity contribution in [2.75, 3.05) is 25.1 Å². The summed E-state index contributed by atoms with van der Waals surface area (Å²) >= 11 is 1.59. The second-order valence-electron chi connectivity index (χ2n) is 4.74. The summed E-state index contributed by atoms with van der Waals surface area (Å²) in [4.78, 5) is 10.5. The topological polar surface area (TPSA) is 75.4 Å². The van der Waals surface area contributed by atoms with Crippen LogP contribution in [0, 0.1) is 10.1 Å². The standard InChI is InChI=1S/C13H20N2O3S/c1-13(16,10-19-2)9-14-8-7-11-5-3-4-6-12(11)15(17)18/h3-6,14,16H,7-10H2,1-2H3. The summed E-state index contributed by atoms with van der Waals surface area (Å²) < 4.78 is 0. The molecular weight excluding hydrogens is 264 g/mol. The van der Waals surface area contributed by atoms with E-state index >= 15 is 0 Å². The fourth-order valence-corrected chi connectivity index (χ4v) is 2.57. The van der Waals surface area contributed by atoms with E-state index < -0.39 is 5.60 Å². The van der Waals surface area contributed by atoms with E-state index in [0.29, 0.717) is 30.8 Å². The van der Waals surface area contributed by atoms with Gasteiger partial charge in [-0.1, -0.05) is 18.2 Å². The van der Waals surface area contributed by atoms with Gasteiger partial charge in [0.15, 0.2) is 0 Å². The van der Waals surface area contributed by atoms with E-state index in [4.69, 9.17) is 0 Å². The van der Waals surface area contributed by atoms with Crippen molar-refractivity contribution in [3.8, 4) is 0 Å². The van der Waals surface area contributed by atoms with Gasteiger partial charge in [0.25, 0.3) is 5.69 Å². The maximum absolute atomic E-state index is 10.8. The zero-order chi connectivity index (χ0) is 14.3. The first-order chi connectivity index (χ1) is 8.96. The van der Waals surface area contributed by atoms with Crippen LogP contribution in [0.15, 0.2) is 24.3 Å². The van der Waals surface area contributed by atoms with Crippen LogP contribution < -0.4 is 5.32 Å². The van der Waals surface area contributed by atoms with Gasteiger partial charge in [-0.25, -0.2) is 0 Å². The van der Waals surface area contributed by atoms with Gasteiger partial charge in [-0.3, -0.25) is 10.1 Å². The summed E-state index contributed by atoms with van der Waals surface area (Å²) in [6.45, 7) is 2.87. The minimum absolute atomic E-state index is 0.153. The number of benzene rings is 1. The first-order valence-corrected chi connectivity index (χ1v) is 7.50. The highest BCUT2D eigenvalue weighted by molar-refractivity contribution is 7.98. The maximum atomic E-state index is 10.8. The molecule has 0 fully saturated rings. The number of thioether (sulfide) groups is 1. The van der Waals surface area contributed by atoms with Crippen LogP contribution in [0.1, 0.15) is 12.5 Å². The number of nitro groups is 1. The number of hydrogen-bond donors (Lipinski definition) is 2. The van der Waals surface area contributed by atoms with Crippen molar-refractivity contribution in [1.82, 2.24) is 5.32 Å². The number of nitrogens with zero attached hydrogens (tertiary/aromatic N) is 1. The van der Waals surface area contributed by atoms with Crippen LogP contribution in [0.2, 0.25) is 0 Å². The van der Waals surface area contributed by atoms with Gasteiger partial charge in [0, 0.05) is 23.9 Å². The van der Waals surface area contributed by atoms with Crippen molar-refractivity contribution in [3.63, 3.8) is 0 Å². The third-order valence-electron chi connectivity index (χ3n) is 2.72. The molecule has 19 heavy (non-hydrogen) atoms. The Morgan fingerprint density at radius 3 is 2.79 bits per heavy atom. The van der Waals surface area contributed by atoms with Gasteiger partial charge >= 0.3 is 0 Å². The number of hydrogen-bond acceptors (Lipinski definition) is 5. The van der Waals surface area contributed by atoms with Crippen molar-refractivity contribution in [2.45, 2.75) is 18.9 Å². The lowest BCUT2D eigenvalue weighted by atomic mass is 10.1. The fraction of sp³-hybridized carbons (Fsp3) is 0.538. The Morgan fingerprint density at radius 2 is 2.16 bits per heavy atom. The molecular formula is C13H20N2O3S. The van der Waals surface area contributed by atoms with Crippen LogP contribution in [0.4, 0.5) is 5.69 Å². The number of nitrogens with one attached hydrogen (secondary N) is 1. The lowest BCUT2D eigenvalue weighted by Gasteiger charge is -2.22. The zero-order valence-electron chi connectivity index (χ0n) is 11.3. The second-order valence-corrected chi connectivity index (χ2v) is 5.61. The van der Waals surface area contributed by atoms with Gasteiger partial charge in [-0.2, -0.15) is 11.8 Å². The van der Waals surface area contributed by atoms with Gasteiger partial charge in [0.2, 0.25) is 0 Å². The molecule has 0 aliphatic carbocycles. The van der Waals surface area contributed by atoms with Crippen molar-refractivity contribution in [2.24, 2.45) is 0 Å². The largest absolute Gasteiger partial charge is 0.388 e. The predicted octanol–water partition coefficient (Wildman–Crippen LogP) is 1.84. The quantitative estimate of drug-likeness (QED) is 0.433. The molecule has 0 bridgehead atoms. The first-order valence-electron chi connectivity index (χ1n) is 6.10. The summed E-state index contributed by atoms with van der Waals surface area (Å²) in [5.74, 6) is 0.658. The van der Waals surface area contributed by atoms with Crippen LogP contribution in [0.5, 0.6) is 0 Å². The molecule has 1 rings (SSSR count). The first kappa shape index (κ1) is 15.9. The zero-order valence-corrected chi connectivity index (χ0v) is 12.1. The molecule has 0 aliphatic heterocycles. The molecule has 106 valence electrons. The van der Waals surface area contributed by atoms with Crippen molar-refractivity contribution < 1.29 is 10.0 Å². The molecule has 2 N–H and O–H groups in total. The fourth-order valence-electron chi connectivity index (χ4n) is 1.84. The Hall–Kier alpha value is -1.11. The molecule has 5 nitrogen and oxygen atoms in total. The predicted molar refractivity (Wildman–Crippen MR) is 78.7 cm³/mol. The normalized spacial score (nSPS) is 14.1. The number of rotatable bonds is 8. The number of aliphatic hydroxyl groups is 1. The van der Waals surface area contributed by atoms with Gasteiger partial charge in [0.1, 0.15) is 0 Å². The Morgan fingerprint density at radius 1 is 1.47 bits per heavy atom. The third-order valence-corrected chi connectivity index (χ3v) is 3.63. The van der Waals surface area contributed by atoms with Gasteiger partial charge in [-0.05, 0) is 26.1 Å². The molecule has 0 aliphatic rings. The van der Waals surface area contributed by atoms with Crippen molar-refractivity contribution >= 4 is 17.4 Å². The van der Waals surface area contributed by atoms with Gasteiger partial charge in [-0.15, -0.1) is 0 Å². The summed E-state index contributed by atoms with van der Waals surface area (Å²) in [6, 6.07) is 6.74. The molecule has 0 spiro atoms. The molecule has 0 amide bonds. The minimum Gasteiger partial charge on any atom is -0.388 e. The van der Waals surface area contributed by atoms with E-state index in [2.05, 4.69) is 5.32 Å². The number of nitro benzene ring substituents is 1. The second kappa shape index (κ2) is 7.47. The smallest absolute Gasteiger partial charge is 0.272 e. The van der Waals surface area contributed by atoms with Crippen molar-refractivity contribution in [3.05, 3.63) is 39.9 Å². The maximum Gasteiger partial charge on any atom is 0.272 e. The summed E-state index contributed by atoms with van der Waals surface area (Å²) in [7, 11) is 0. The summed E-state index contributed by atoms with van der Waals surface area (Å²) in [6.07, 6.45) is 2.52. The Bertz CT molecular complexity index is 424. The van der Waals surface area contributed by atoms with E-state index in [1.165, 1.54) is 6.07 Å². The van der Waals surface area contributed by atoms with Gasteiger partial charge in [0.05, 0.1) is 10.5 Å². The third kappa shape index (κ3) is 5.59. The van der Waals surface area contributed by atoms with Crippen LogP contribution in [-0.4, -0.2) is 40.7 Å². The van der Waals surface area contributed by atoms with Crippen LogP contribution in [0.3, 0.4) is 0 Å². The molecule has 1 aromatic rings. The molecule has 1 atom stereocenters. The average molecular weight is 284 g/mol. The molecule has 1 unspecified atom stereocenters. The van der Waals surface area contributed by atoms with Gasteiger partial charge < -0.3 is 10.4 Å². The SMILES string of the molecule is CSCC(C)(O)CNCCc1ccccc1[N+](=O)[O-]. The summed E-state index contributed by atoms with van der Waals surface area (Å²) in [5.41, 5.74) is 0.117. The van der Waals surface area contributed by atoms with Crippen molar-refractivity contribution in [1.29, 1.82) is 0 Å². The van der Waals surface area contributed by atoms with E-state index in [-0.39, 0.29) is 10.6 Å². The van der Waals surface area contributed by atoms with Crippen LogP contribution in [0.25, 0.3) is 0 Å². The van der Waals surface area contributed by atoms with E-state index in [9.17, 15) is 15.2 Å². The Kier molecular flexibility index (Phi) is 6.27. The molecule has 0 saturated carbocycles. The highest BCUT2D eigenvalue weighted by Gasteiger charge is 2.19. The van der Waals surface area contributed by atoms with Crippen LogP contribution in [-0.2, 0) is 6.42 Å². The van der Waals surface area contributed by atoms with E-state index in [0.717, 1.165) is 0 Å². The van der Waals surface area contributed by atoms with Crippen LogP contribution >= 0.6 is 11.8 Å². The molecule has 0 aromatic heterocycles. The molecule has 0 heterocycles. The average Bonchev–Trinajstić information content (AvgIpc) is 2.35. The lowest BCUT2D eigenvalue weighted by Crippen LogP contribution is -2.40. The Balaban J connectivity index is 2.44. The molecule has 1 aromatic carbocycles. The molecule has 6 heteroatoms. The lowest BCUT2D eigenvalue weighted by molar-refractivity contribution is -0.385. The number of para-hydroxylation sites is 1. The highest BCUT2D eigenvalue weighted by atomic mass is 32.2. The minimum atomic E-state index is -0.748. The molecule has 0 radical (unpaired) electrons. The monoisotopic (exact) mass is 284 g/mol. The Labute approximate surface area is 117 Å². The highest BCUT2D eigenvalue weighted by Crippen LogP contribution is 2.17. The molecule has 0 saturated heterocycles. The summed E-state index contributed by atoms with van der Waals surface area (Å²) in [5, 5.41) is 23.9. The van der Waals surface area contributed by atoms with E-state index in [1.54, 1.807) is 36.9 Å².